The maximum absolute atomic E-state index is 13.6. The van der Waals surface area contributed by atoms with Crippen molar-refractivity contribution in [3.8, 4) is 6.07 Å². The van der Waals surface area contributed by atoms with Gasteiger partial charge in [0.05, 0.1) is 12.0 Å². The van der Waals surface area contributed by atoms with Gasteiger partial charge < -0.3 is 0 Å². The first-order valence-electron chi connectivity index (χ1n) is 5.44. The van der Waals surface area contributed by atoms with Crippen LogP contribution in [-0.2, 0) is 6.42 Å². The van der Waals surface area contributed by atoms with Gasteiger partial charge in [0.25, 0.3) is 0 Å². The Balaban J connectivity index is 2.26. The molecule has 1 aromatic carbocycles. The summed E-state index contributed by atoms with van der Waals surface area (Å²) in [7, 11) is 0. The van der Waals surface area contributed by atoms with Crippen molar-refractivity contribution in [1.82, 2.24) is 4.98 Å². The molecule has 4 heteroatoms. The molecule has 0 aliphatic rings. The highest BCUT2D eigenvalue weighted by molar-refractivity contribution is 9.10. The molecule has 90 valence electrons. The van der Waals surface area contributed by atoms with Crippen LogP contribution in [0.15, 0.2) is 47.2 Å². The number of rotatable bonds is 3. The molecule has 2 rings (SSSR count). The third-order valence-electron chi connectivity index (χ3n) is 2.64. The molecule has 0 saturated heterocycles. The fourth-order valence-corrected chi connectivity index (χ4v) is 2.20. The summed E-state index contributed by atoms with van der Waals surface area (Å²) in [5.41, 5.74) is 1.33. The first-order valence-corrected chi connectivity index (χ1v) is 6.23. The summed E-state index contributed by atoms with van der Waals surface area (Å²) in [4.78, 5) is 4.04. The lowest BCUT2D eigenvalue weighted by atomic mass is 9.93. The van der Waals surface area contributed by atoms with Gasteiger partial charge >= 0.3 is 0 Å². The molecule has 1 aromatic heterocycles. The van der Waals surface area contributed by atoms with Crippen molar-refractivity contribution in [3.63, 3.8) is 0 Å². The Hall–Kier alpha value is -1.73. The molecule has 2 nitrogen and oxygen atoms in total. The number of hydrogen-bond acceptors (Lipinski definition) is 2. The molecule has 0 bridgehead atoms. The SMILES string of the molecule is N#CC(Cc1cncc(Br)c1)c1ccccc1F. The molecule has 0 amide bonds. The fraction of sp³-hybridized carbons (Fsp3) is 0.143. The van der Waals surface area contributed by atoms with Gasteiger partial charge in [-0.25, -0.2) is 4.39 Å². The van der Waals surface area contributed by atoms with Crippen molar-refractivity contribution in [2.75, 3.05) is 0 Å². The van der Waals surface area contributed by atoms with Crippen LogP contribution in [0.5, 0.6) is 0 Å². The van der Waals surface area contributed by atoms with E-state index >= 15 is 0 Å². The first-order chi connectivity index (χ1) is 8.70. The molecule has 0 fully saturated rings. The number of nitriles is 1. The first kappa shape index (κ1) is 12.7. The van der Waals surface area contributed by atoms with Crippen LogP contribution in [0.25, 0.3) is 0 Å². The zero-order chi connectivity index (χ0) is 13.0. The molecule has 1 atom stereocenters. The van der Waals surface area contributed by atoms with Crippen molar-refractivity contribution in [2.45, 2.75) is 12.3 Å². The largest absolute Gasteiger partial charge is 0.263 e. The minimum Gasteiger partial charge on any atom is -0.263 e. The minimum atomic E-state index is -0.498. The van der Waals surface area contributed by atoms with E-state index in [1.165, 1.54) is 6.07 Å². The second-order valence-corrected chi connectivity index (χ2v) is 4.83. The molecule has 0 aliphatic heterocycles. The van der Waals surface area contributed by atoms with E-state index in [2.05, 4.69) is 27.0 Å². The van der Waals surface area contributed by atoms with Gasteiger partial charge in [-0.3, -0.25) is 4.98 Å². The van der Waals surface area contributed by atoms with Crippen LogP contribution in [0.1, 0.15) is 17.0 Å². The third-order valence-corrected chi connectivity index (χ3v) is 3.07. The zero-order valence-electron chi connectivity index (χ0n) is 9.48. The number of nitrogens with zero attached hydrogens (tertiary/aromatic N) is 2. The molecular weight excluding hydrogens is 295 g/mol. The molecule has 1 heterocycles. The molecule has 0 saturated carbocycles. The van der Waals surface area contributed by atoms with Crippen LogP contribution in [0.2, 0.25) is 0 Å². The van der Waals surface area contributed by atoms with Crippen LogP contribution < -0.4 is 0 Å². The lowest BCUT2D eigenvalue weighted by Crippen LogP contribution is -2.03. The number of benzene rings is 1. The number of hydrogen-bond donors (Lipinski definition) is 0. The molecule has 2 aromatic rings. The van der Waals surface area contributed by atoms with E-state index in [4.69, 9.17) is 0 Å². The van der Waals surface area contributed by atoms with E-state index in [0.717, 1.165) is 10.0 Å². The predicted octanol–water partition coefficient (Wildman–Crippen LogP) is 3.83. The van der Waals surface area contributed by atoms with Gasteiger partial charge in [0.2, 0.25) is 0 Å². The van der Waals surface area contributed by atoms with Gasteiger partial charge in [0.15, 0.2) is 0 Å². The van der Waals surface area contributed by atoms with Gasteiger partial charge in [-0.2, -0.15) is 5.26 Å². The molecule has 1 unspecified atom stereocenters. The number of pyridine rings is 1. The van der Waals surface area contributed by atoms with E-state index in [9.17, 15) is 9.65 Å². The smallest absolute Gasteiger partial charge is 0.127 e. The zero-order valence-corrected chi connectivity index (χ0v) is 11.1. The summed E-state index contributed by atoms with van der Waals surface area (Å²) < 4.78 is 14.5. The van der Waals surface area contributed by atoms with Crippen LogP contribution in [0.3, 0.4) is 0 Å². The highest BCUT2D eigenvalue weighted by Gasteiger charge is 2.15. The average Bonchev–Trinajstić information content (AvgIpc) is 2.37. The molecule has 0 spiro atoms. The maximum atomic E-state index is 13.6. The Kier molecular flexibility index (Phi) is 4.06. The van der Waals surface area contributed by atoms with E-state index in [-0.39, 0.29) is 5.82 Å². The summed E-state index contributed by atoms with van der Waals surface area (Å²) in [6.07, 6.45) is 3.81. The highest BCUT2D eigenvalue weighted by Crippen LogP contribution is 2.23. The van der Waals surface area contributed by atoms with Gasteiger partial charge in [0.1, 0.15) is 5.82 Å². The lowest BCUT2D eigenvalue weighted by molar-refractivity contribution is 0.600. The van der Waals surface area contributed by atoms with Crippen molar-refractivity contribution >= 4 is 15.9 Å². The Morgan fingerprint density at radius 2 is 2.11 bits per heavy atom. The molecular formula is C14H10BrFN2. The van der Waals surface area contributed by atoms with Crippen LogP contribution in [0.4, 0.5) is 4.39 Å². The summed E-state index contributed by atoms with van der Waals surface area (Å²) >= 11 is 3.33. The molecule has 0 radical (unpaired) electrons. The monoisotopic (exact) mass is 304 g/mol. The Bertz CT molecular complexity index is 592. The van der Waals surface area contributed by atoms with Crippen LogP contribution in [-0.4, -0.2) is 4.98 Å². The van der Waals surface area contributed by atoms with Gasteiger partial charge in [-0.15, -0.1) is 0 Å². The van der Waals surface area contributed by atoms with Crippen LogP contribution >= 0.6 is 15.9 Å². The van der Waals surface area contributed by atoms with Crippen molar-refractivity contribution in [3.05, 3.63) is 64.1 Å². The van der Waals surface area contributed by atoms with Crippen LogP contribution in [0, 0.1) is 17.1 Å². The summed E-state index contributed by atoms with van der Waals surface area (Å²) in [5.74, 6) is -0.839. The van der Waals surface area contributed by atoms with Crippen molar-refractivity contribution in [1.29, 1.82) is 5.26 Å². The average molecular weight is 305 g/mol. The minimum absolute atomic E-state index is 0.341. The van der Waals surface area contributed by atoms with E-state index in [1.807, 2.05) is 6.07 Å². The Morgan fingerprint density at radius 3 is 2.78 bits per heavy atom. The summed E-state index contributed by atoms with van der Waals surface area (Å²) in [6, 6.07) is 10.4. The third kappa shape index (κ3) is 2.93. The second-order valence-electron chi connectivity index (χ2n) is 3.92. The summed E-state index contributed by atoms with van der Waals surface area (Å²) in [5, 5.41) is 9.19. The molecule has 18 heavy (non-hydrogen) atoms. The maximum Gasteiger partial charge on any atom is 0.127 e. The number of halogens is 2. The Labute approximate surface area is 113 Å². The molecule has 0 aliphatic carbocycles. The Morgan fingerprint density at radius 1 is 1.33 bits per heavy atom. The van der Waals surface area contributed by atoms with E-state index in [1.54, 1.807) is 30.6 Å². The normalized spacial score (nSPS) is 11.8. The molecule has 0 N–H and O–H groups in total. The fourth-order valence-electron chi connectivity index (χ4n) is 1.79. The quantitative estimate of drug-likeness (QED) is 0.864. The standard InChI is InChI=1S/C14H10BrFN2/c15-12-6-10(8-18-9-12)5-11(7-17)13-3-1-2-4-14(13)16/h1-4,6,8-9,11H,5H2. The highest BCUT2D eigenvalue weighted by atomic mass is 79.9. The van der Waals surface area contributed by atoms with Gasteiger partial charge in [-0.1, -0.05) is 18.2 Å². The van der Waals surface area contributed by atoms with Crippen molar-refractivity contribution < 1.29 is 4.39 Å². The topological polar surface area (TPSA) is 36.7 Å². The van der Waals surface area contributed by atoms with Gasteiger partial charge in [0, 0.05) is 22.4 Å². The predicted molar refractivity (Wildman–Crippen MR) is 70.4 cm³/mol. The summed E-state index contributed by atoms with van der Waals surface area (Å²) in [6.45, 7) is 0. The lowest BCUT2D eigenvalue weighted by Gasteiger charge is -2.10. The van der Waals surface area contributed by atoms with Crippen molar-refractivity contribution in [2.24, 2.45) is 0 Å². The second kappa shape index (κ2) is 5.74. The van der Waals surface area contributed by atoms with Gasteiger partial charge in [-0.05, 0) is 40.0 Å². The number of aromatic nitrogens is 1. The van der Waals surface area contributed by atoms with E-state index in [0.29, 0.717) is 12.0 Å². The van der Waals surface area contributed by atoms with E-state index < -0.39 is 5.92 Å².